The molecule has 0 spiro atoms. The molecular formula is C10H12N6O3. The minimum atomic E-state index is -0.529. The van der Waals surface area contributed by atoms with Gasteiger partial charge in [0.2, 0.25) is 5.91 Å². The van der Waals surface area contributed by atoms with Crippen LogP contribution in [0.3, 0.4) is 0 Å². The number of carbonyl (C=O) groups is 1. The van der Waals surface area contributed by atoms with Gasteiger partial charge in [-0.2, -0.15) is 10.2 Å². The third-order valence-electron chi connectivity index (χ3n) is 2.39. The number of anilines is 1. The molecule has 0 radical (unpaired) electrons. The highest BCUT2D eigenvalue weighted by Crippen LogP contribution is 2.09. The summed E-state index contributed by atoms with van der Waals surface area (Å²) in [5.41, 5.74) is 0.520. The van der Waals surface area contributed by atoms with Gasteiger partial charge in [0.15, 0.2) is 0 Å². The van der Waals surface area contributed by atoms with Crippen LogP contribution in [0, 0.1) is 10.1 Å². The molecule has 0 unspecified atom stereocenters. The Bertz CT molecular complexity index is 602. The Hall–Kier alpha value is -2.71. The maximum absolute atomic E-state index is 11.6. The van der Waals surface area contributed by atoms with Crippen LogP contribution in [0.25, 0.3) is 0 Å². The van der Waals surface area contributed by atoms with Crippen LogP contribution in [0.4, 0.5) is 11.4 Å². The minimum absolute atomic E-state index is 0.0901. The molecule has 0 aliphatic heterocycles. The largest absolute Gasteiger partial charge is 0.323 e. The number of nitro groups is 1. The summed E-state index contributed by atoms with van der Waals surface area (Å²) in [6, 6.07) is 0. The van der Waals surface area contributed by atoms with Crippen molar-refractivity contribution in [1.82, 2.24) is 19.6 Å². The average molecular weight is 264 g/mol. The van der Waals surface area contributed by atoms with Crippen LogP contribution >= 0.6 is 0 Å². The molecule has 9 heteroatoms. The second kappa shape index (κ2) is 5.29. The van der Waals surface area contributed by atoms with Gasteiger partial charge in [-0.15, -0.1) is 0 Å². The van der Waals surface area contributed by atoms with Gasteiger partial charge in [-0.05, 0) is 0 Å². The van der Waals surface area contributed by atoms with Crippen molar-refractivity contribution in [3.63, 3.8) is 0 Å². The van der Waals surface area contributed by atoms with Crippen molar-refractivity contribution in [3.8, 4) is 0 Å². The third-order valence-corrected chi connectivity index (χ3v) is 2.39. The zero-order chi connectivity index (χ0) is 13.8. The van der Waals surface area contributed by atoms with Crippen LogP contribution in [0.15, 0.2) is 24.8 Å². The van der Waals surface area contributed by atoms with E-state index < -0.39 is 4.92 Å². The number of aryl methyl sites for hydroxylation is 2. The van der Waals surface area contributed by atoms with Gasteiger partial charge in [0.05, 0.1) is 16.8 Å². The van der Waals surface area contributed by atoms with Crippen molar-refractivity contribution in [2.75, 3.05) is 5.32 Å². The fourth-order valence-electron chi connectivity index (χ4n) is 1.49. The standard InChI is InChI=1S/C10H12N6O3/c1-14-6-8(4-11-14)13-10(17)2-3-15-7-9(5-12-15)16(18)19/h4-7H,2-3H2,1H3,(H,13,17). The summed E-state index contributed by atoms with van der Waals surface area (Å²) in [4.78, 5) is 21.5. The predicted molar refractivity (Wildman–Crippen MR) is 65.3 cm³/mol. The summed E-state index contributed by atoms with van der Waals surface area (Å²) in [6.07, 6.45) is 5.83. The number of amides is 1. The number of hydrogen-bond donors (Lipinski definition) is 1. The molecule has 2 rings (SSSR count). The van der Waals surface area contributed by atoms with Crippen LogP contribution in [0.2, 0.25) is 0 Å². The number of nitrogens with one attached hydrogen (secondary N) is 1. The first-order valence-electron chi connectivity index (χ1n) is 5.50. The number of nitrogens with zero attached hydrogens (tertiary/aromatic N) is 5. The molecule has 0 fully saturated rings. The molecule has 0 saturated carbocycles. The van der Waals surface area contributed by atoms with Gasteiger partial charge in [-0.3, -0.25) is 24.3 Å². The smallest absolute Gasteiger partial charge is 0.306 e. The normalized spacial score (nSPS) is 10.4. The van der Waals surface area contributed by atoms with Gasteiger partial charge < -0.3 is 5.32 Å². The quantitative estimate of drug-likeness (QED) is 0.626. The topological polar surface area (TPSA) is 108 Å². The van der Waals surface area contributed by atoms with Crippen molar-refractivity contribution in [2.24, 2.45) is 7.05 Å². The van der Waals surface area contributed by atoms with Gasteiger partial charge in [0, 0.05) is 26.2 Å². The molecule has 0 aliphatic rings. The molecule has 100 valence electrons. The van der Waals surface area contributed by atoms with Crippen molar-refractivity contribution >= 4 is 17.3 Å². The van der Waals surface area contributed by atoms with Gasteiger partial charge in [0.25, 0.3) is 0 Å². The summed E-state index contributed by atoms with van der Waals surface area (Å²) >= 11 is 0. The minimum Gasteiger partial charge on any atom is -0.323 e. The van der Waals surface area contributed by atoms with Gasteiger partial charge in [-0.25, -0.2) is 0 Å². The monoisotopic (exact) mass is 264 g/mol. The lowest BCUT2D eigenvalue weighted by molar-refractivity contribution is -0.385. The lowest BCUT2D eigenvalue weighted by Crippen LogP contribution is -2.14. The summed E-state index contributed by atoms with van der Waals surface area (Å²) in [5.74, 6) is -0.203. The molecule has 1 N–H and O–H groups in total. The van der Waals surface area contributed by atoms with Crippen molar-refractivity contribution < 1.29 is 9.72 Å². The van der Waals surface area contributed by atoms with E-state index in [9.17, 15) is 14.9 Å². The van der Waals surface area contributed by atoms with E-state index in [4.69, 9.17) is 0 Å². The maximum Gasteiger partial charge on any atom is 0.306 e. The summed E-state index contributed by atoms with van der Waals surface area (Å²) < 4.78 is 2.94. The first kappa shape index (κ1) is 12.7. The fourth-order valence-corrected chi connectivity index (χ4v) is 1.49. The lowest BCUT2D eigenvalue weighted by Gasteiger charge is -2.02. The Morgan fingerprint density at radius 2 is 2.21 bits per heavy atom. The second-order valence-corrected chi connectivity index (χ2v) is 3.92. The van der Waals surface area contributed by atoms with E-state index in [1.165, 1.54) is 17.1 Å². The Morgan fingerprint density at radius 3 is 2.79 bits per heavy atom. The fraction of sp³-hybridized carbons (Fsp3) is 0.300. The lowest BCUT2D eigenvalue weighted by atomic mass is 10.4. The van der Waals surface area contributed by atoms with Crippen LogP contribution in [0.1, 0.15) is 6.42 Å². The number of aromatic nitrogens is 4. The molecule has 0 saturated heterocycles. The van der Waals surface area contributed by atoms with Gasteiger partial charge in [-0.1, -0.05) is 0 Å². The van der Waals surface area contributed by atoms with Gasteiger partial charge >= 0.3 is 5.69 Å². The molecule has 2 aromatic heterocycles. The molecule has 1 amide bonds. The van der Waals surface area contributed by atoms with Crippen molar-refractivity contribution in [1.29, 1.82) is 0 Å². The Morgan fingerprint density at radius 1 is 1.42 bits per heavy atom. The Kier molecular flexibility index (Phi) is 3.55. The van der Waals surface area contributed by atoms with Crippen LogP contribution < -0.4 is 5.32 Å². The van der Waals surface area contributed by atoms with Crippen molar-refractivity contribution in [2.45, 2.75) is 13.0 Å². The zero-order valence-corrected chi connectivity index (χ0v) is 10.2. The van der Waals surface area contributed by atoms with E-state index in [1.54, 1.807) is 17.9 Å². The highest BCUT2D eigenvalue weighted by molar-refractivity contribution is 5.90. The number of carbonyl (C=O) groups excluding carboxylic acids is 1. The summed E-state index contributed by atoms with van der Waals surface area (Å²) in [7, 11) is 1.75. The number of rotatable bonds is 5. The highest BCUT2D eigenvalue weighted by Gasteiger charge is 2.10. The van der Waals surface area contributed by atoms with E-state index >= 15 is 0 Å². The first-order chi connectivity index (χ1) is 9.04. The Balaban J connectivity index is 1.84. The Labute approximate surface area is 108 Å². The highest BCUT2D eigenvalue weighted by atomic mass is 16.6. The molecular weight excluding hydrogens is 252 g/mol. The third kappa shape index (κ3) is 3.37. The van der Waals surface area contributed by atoms with Crippen molar-refractivity contribution in [3.05, 3.63) is 34.9 Å². The molecule has 0 atom stereocenters. The molecule has 19 heavy (non-hydrogen) atoms. The molecule has 0 aromatic carbocycles. The predicted octanol–water partition coefficient (Wildman–Crippen LogP) is 0.554. The molecule has 2 aromatic rings. The SMILES string of the molecule is Cn1cc(NC(=O)CCn2cc([N+](=O)[O-])cn2)cn1. The van der Waals surface area contributed by atoms with Crippen LogP contribution in [-0.2, 0) is 18.4 Å². The number of hydrogen-bond acceptors (Lipinski definition) is 5. The first-order valence-corrected chi connectivity index (χ1v) is 5.50. The zero-order valence-electron chi connectivity index (χ0n) is 10.2. The molecule has 0 aliphatic carbocycles. The molecule has 9 nitrogen and oxygen atoms in total. The van der Waals surface area contributed by atoms with Crippen LogP contribution in [-0.4, -0.2) is 30.4 Å². The van der Waals surface area contributed by atoms with E-state index in [0.29, 0.717) is 5.69 Å². The van der Waals surface area contributed by atoms with E-state index in [2.05, 4.69) is 15.5 Å². The van der Waals surface area contributed by atoms with Crippen LogP contribution in [0.5, 0.6) is 0 Å². The maximum atomic E-state index is 11.6. The van der Waals surface area contributed by atoms with Gasteiger partial charge in [0.1, 0.15) is 12.4 Å². The summed E-state index contributed by atoms with van der Waals surface area (Å²) in [5, 5.41) is 20.8. The molecule has 0 bridgehead atoms. The average Bonchev–Trinajstić information content (AvgIpc) is 2.96. The van der Waals surface area contributed by atoms with E-state index in [0.717, 1.165) is 6.20 Å². The van der Waals surface area contributed by atoms with E-state index in [-0.39, 0.29) is 24.6 Å². The molecule has 2 heterocycles. The summed E-state index contributed by atoms with van der Waals surface area (Å²) in [6.45, 7) is 0.278. The second-order valence-electron chi connectivity index (χ2n) is 3.92. The van der Waals surface area contributed by atoms with E-state index in [1.807, 2.05) is 0 Å².